The summed E-state index contributed by atoms with van der Waals surface area (Å²) in [6, 6.07) is 13.5. The minimum Gasteiger partial charge on any atom is -0.327 e. The highest BCUT2D eigenvalue weighted by Gasteiger charge is 2.35. The third kappa shape index (κ3) is 6.51. The highest BCUT2D eigenvalue weighted by Crippen LogP contribution is 2.50. The van der Waals surface area contributed by atoms with Crippen LogP contribution < -0.4 is 14.7 Å². The predicted octanol–water partition coefficient (Wildman–Crippen LogP) is 5.54. The smallest absolute Gasteiger partial charge is 0.327 e. The van der Waals surface area contributed by atoms with E-state index >= 15 is 0 Å². The summed E-state index contributed by atoms with van der Waals surface area (Å²) in [7, 11) is -4.70. The highest BCUT2D eigenvalue weighted by atomic mass is 31.2. The van der Waals surface area contributed by atoms with Crippen LogP contribution in [0.1, 0.15) is 0 Å². The summed E-state index contributed by atoms with van der Waals surface area (Å²) in [4.78, 5) is 14.3. The van der Waals surface area contributed by atoms with Gasteiger partial charge >= 0.3 is 7.82 Å². The lowest BCUT2D eigenvalue weighted by molar-refractivity contribution is -0.237. The molecular weight excluding hydrogens is 416 g/mol. The molecule has 7 nitrogen and oxygen atoms in total. The van der Waals surface area contributed by atoms with Gasteiger partial charge in [-0.15, -0.1) is 0 Å². The van der Waals surface area contributed by atoms with Gasteiger partial charge in [0.1, 0.15) is 17.5 Å². The fourth-order valence-electron chi connectivity index (χ4n) is 1.77. The fraction of sp³-hybridized carbons (Fsp3) is 0. The molecule has 0 aliphatic carbocycles. The van der Waals surface area contributed by atoms with Crippen LogP contribution in [0.3, 0.4) is 0 Å². The SMILES string of the molecule is O=P(OOc1ccc(F)cc1)(OOc1ccc(F)cc1)OOc1ccc(F)cc1. The summed E-state index contributed by atoms with van der Waals surface area (Å²) < 4.78 is 65.4. The Morgan fingerprint density at radius 1 is 0.483 bits per heavy atom. The van der Waals surface area contributed by atoms with E-state index < -0.39 is 25.3 Å². The molecule has 0 aliphatic heterocycles. The molecule has 0 saturated heterocycles. The first kappa shape index (κ1) is 20.7. The molecule has 0 unspecified atom stereocenters. The third-order valence-electron chi connectivity index (χ3n) is 3.12. The van der Waals surface area contributed by atoms with Crippen molar-refractivity contribution in [3.8, 4) is 17.2 Å². The van der Waals surface area contributed by atoms with E-state index in [-0.39, 0.29) is 17.2 Å². The summed E-state index contributed by atoms with van der Waals surface area (Å²) in [6.45, 7) is 0. The average molecular weight is 428 g/mol. The van der Waals surface area contributed by atoms with Crippen molar-refractivity contribution in [3.63, 3.8) is 0 Å². The van der Waals surface area contributed by atoms with Gasteiger partial charge in [0.15, 0.2) is 17.2 Å². The van der Waals surface area contributed by atoms with E-state index in [1.807, 2.05) is 0 Å². The van der Waals surface area contributed by atoms with Gasteiger partial charge < -0.3 is 14.7 Å². The van der Waals surface area contributed by atoms with Gasteiger partial charge in [0.25, 0.3) is 0 Å². The Hall–Kier alpha value is -3.04. The molecule has 0 saturated carbocycles. The molecule has 0 amide bonds. The van der Waals surface area contributed by atoms with Crippen molar-refractivity contribution in [2.24, 2.45) is 0 Å². The van der Waals surface area contributed by atoms with Gasteiger partial charge in [0, 0.05) is 0 Å². The average Bonchev–Trinajstić information content (AvgIpc) is 2.73. The largest absolute Gasteiger partial charge is 0.583 e. The number of halogens is 3. The zero-order chi connectivity index (χ0) is 20.7. The van der Waals surface area contributed by atoms with Crippen molar-refractivity contribution in [1.82, 2.24) is 0 Å². The minimum absolute atomic E-state index is 0.0395. The number of rotatable bonds is 9. The molecule has 152 valence electrons. The molecule has 0 bridgehead atoms. The Morgan fingerprint density at radius 2 is 0.724 bits per heavy atom. The molecule has 3 aromatic rings. The Labute approximate surface area is 162 Å². The van der Waals surface area contributed by atoms with Crippen LogP contribution >= 0.6 is 7.82 Å². The van der Waals surface area contributed by atoms with Crippen LogP contribution in [-0.2, 0) is 18.6 Å². The lowest BCUT2D eigenvalue weighted by Gasteiger charge is -2.15. The van der Waals surface area contributed by atoms with E-state index in [9.17, 15) is 17.7 Å². The summed E-state index contributed by atoms with van der Waals surface area (Å²) >= 11 is 0. The van der Waals surface area contributed by atoms with Crippen molar-refractivity contribution < 1.29 is 46.4 Å². The molecule has 0 fully saturated rings. The maximum atomic E-state index is 12.9. The molecule has 3 aromatic carbocycles. The molecule has 0 aliphatic rings. The fourth-order valence-corrected chi connectivity index (χ4v) is 2.38. The summed E-state index contributed by atoms with van der Waals surface area (Å²) in [6.07, 6.45) is 0. The second-order valence-electron chi connectivity index (χ2n) is 5.28. The third-order valence-corrected chi connectivity index (χ3v) is 3.89. The van der Waals surface area contributed by atoms with Gasteiger partial charge in [0.2, 0.25) is 0 Å². The first-order chi connectivity index (χ1) is 13.9. The molecule has 3 rings (SSSR count). The Bertz CT molecular complexity index is 839. The molecule has 0 N–H and O–H groups in total. The summed E-state index contributed by atoms with van der Waals surface area (Å²) in [5.74, 6) is -1.72. The van der Waals surface area contributed by atoms with E-state index in [0.717, 1.165) is 36.4 Å². The first-order valence-corrected chi connectivity index (χ1v) is 9.33. The lowest BCUT2D eigenvalue weighted by atomic mass is 10.3. The standard InChI is InChI=1S/C18H12F3O7P/c19-13-1-7-16(8-2-13)23-26-29(22,27-24-17-9-3-14(20)4-10-17)28-25-18-11-5-15(21)6-12-18/h1-12H. The number of hydrogen-bond acceptors (Lipinski definition) is 7. The number of benzene rings is 3. The van der Waals surface area contributed by atoms with Crippen molar-refractivity contribution in [3.05, 3.63) is 90.2 Å². The summed E-state index contributed by atoms with van der Waals surface area (Å²) in [5.41, 5.74) is 0. The van der Waals surface area contributed by atoms with Crippen LogP contribution in [0.25, 0.3) is 0 Å². The molecule has 0 atom stereocenters. The zero-order valence-electron chi connectivity index (χ0n) is 14.4. The maximum Gasteiger partial charge on any atom is 0.583 e. The van der Waals surface area contributed by atoms with E-state index in [4.69, 9.17) is 14.7 Å². The first-order valence-electron chi connectivity index (χ1n) is 7.87. The van der Waals surface area contributed by atoms with Gasteiger partial charge in [-0.2, -0.15) is 0 Å². The van der Waals surface area contributed by atoms with Crippen molar-refractivity contribution >= 4 is 7.82 Å². The van der Waals surface area contributed by atoms with Crippen molar-refractivity contribution in [2.75, 3.05) is 0 Å². The van der Waals surface area contributed by atoms with Crippen LogP contribution in [-0.4, -0.2) is 0 Å². The van der Waals surface area contributed by atoms with Crippen LogP contribution in [0.2, 0.25) is 0 Å². The van der Waals surface area contributed by atoms with Gasteiger partial charge in [-0.05, 0) is 72.8 Å². The highest BCUT2D eigenvalue weighted by molar-refractivity contribution is 7.48. The van der Waals surface area contributed by atoms with E-state index in [2.05, 4.69) is 14.0 Å². The van der Waals surface area contributed by atoms with Gasteiger partial charge in [-0.1, -0.05) is 14.0 Å². The molecule has 0 radical (unpaired) electrons. The van der Waals surface area contributed by atoms with Crippen LogP contribution in [0.4, 0.5) is 13.2 Å². The second-order valence-corrected chi connectivity index (χ2v) is 6.62. The second kappa shape index (κ2) is 9.44. The van der Waals surface area contributed by atoms with Crippen LogP contribution in [0.15, 0.2) is 72.8 Å². The van der Waals surface area contributed by atoms with Crippen LogP contribution in [0.5, 0.6) is 17.2 Å². The molecular formula is C18H12F3O7P. The maximum absolute atomic E-state index is 12.9. The predicted molar refractivity (Wildman–Crippen MR) is 91.9 cm³/mol. The van der Waals surface area contributed by atoms with Crippen molar-refractivity contribution in [1.29, 1.82) is 0 Å². The molecule has 0 aromatic heterocycles. The van der Waals surface area contributed by atoms with Gasteiger partial charge in [0.05, 0.1) is 0 Å². The molecule has 0 spiro atoms. The Kier molecular flexibility index (Phi) is 6.73. The molecule has 0 heterocycles. The summed E-state index contributed by atoms with van der Waals surface area (Å²) in [5, 5.41) is 0. The minimum atomic E-state index is -4.70. The normalized spacial score (nSPS) is 11.1. The Balaban J connectivity index is 1.67. The zero-order valence-corrected chi connectivity index (χ0v) is 15.3. The topological polar surface area (TPSA) is 72.5 Å². The number of hydrogen-bond donors (Lipinski definition) is 0. The lowest BCUT2D eigenvalue weighted by Crippen LogP contribution is -2.08. The molecule has 11 heteroatoms. The van der Waals surface area contributed by atoms with E-state index in [1.165, 1.54) is 36.4 Å². The van der Waals surface area contributed by atoms with Crippen LogP contribution in [0, 0.1) is 17.5 Å². The monoisotopic (exact) mass is 428 g/mol. The van der Waals surface area contributed by atoms with E-state index in [0.29, 0.717) is 0 Å². The Morgan fingerprint density at radius 3 is 0.966 bits per heavy atom. The number of phosphoric acid groups is 1. The van der Waals surface area contributed by atoms with Crippen molar-refractivity contribution in [2.45, 2.75) is 0 Å². The molecule has 29 heavy (non-hydrogen) atoms. The van der Waals surface area contributed by atoms with E-state index in [1.54, 1.807) is 0 Å². The quantitative estimate of drug-likeness (QED) is 0.252. The van der Waals surface area contributed by atoms with Gasteiger partial charge in [-0.3, -0.25) is 0 Å². The van der Waals surface area contributed by atoms with Gasteiger partial charge in [-0.25, -0.2) is 17.7 Å².